The van der Waals surface area contributed by atoms with Gasteiger partial charge in [-0.15, -0.1) is 0 Å². The molecule has 0 amide bonds. The number of aliphatic hydroxyl groups is 1. The summed E-state index contributed by atoms with van der Waals surface area (Å²) in [6, 6.07) is 4.81. The third-order valence-corrected chi connectivity index (χ3v) is 4.92. The first-order chi connectivity index (χ1) is 8.86. The van der Waals surface area contributed by atoms with Gasteiger partial charge in [0.2, 0.25) is 10.0 Å². The van der Waals surface area contributed by atoms with Crippen molar-refractivity contribution in [2.45, 2.75) is 30.8 Å². The molecule has 0 aliphatic heterocycles. The molecule has 19 heavy (non-hydrogen) atoms. The first-order valence-electron chi connectivity index (χ1n) is 5.79. The second kappa shape index (κ2) is 5.12. The molecule has 6 nitrogen and oxygen atoms in total. The van der Waals surface area contributed by atoms with E-state index in [1.54, 1.807) is 26.0 Å². The molecule has 0 saturated carbocycles. The van der Waals surface area contributed by atoms with Crippen molar-refractivity contribution < 1.29 is 13.5 Å². The van der Waals surface area contributed by atoms with Crippen molar-refractivity contribution in [1.82, 2.24) is 13.5 Å². The van der Waals surface area contributed by atoms with Gasteiger partial charge in [0.05, 0.1) is 17.3 Å². The van der Waals surface area contributed by atoms with E-state index in [1.807, 2.05) is 0 Å². The number of nitrogens with one attached hydrogen (secondary N) is 1. The Labute approximate surface area is 115 Å². The van der Waals surface area contributed by atoms with E-state index in [0.717, 1.165) is 11.7 Å². The minimum Gasteiger partial charge on any atom is -0.389 e. The molecule has 0 aliphatic carbocycles. The number of hydrogen-bond acceptors (Lipinski definition) is 6. The Bertz CT molecular complexity index is 679. The highest BCUT2D eigenvalue weighted by molar-refractivity contribution is 7.89. The molecule has 2 N–H and O–H groups in total. The van der Waals surface area contributed by atoms with E-state index in [9.17, 15) is 13.5 Å². The Morgan fingerprint density at radius 1 is 1.42 bits per heavy atom. The highest BCUT2D eigenvalue weighted by Crippen LogP contribution is 2.21. The quantitative estimate of drug-likeness (QED) is 0.863. The summed E-state index contributed by atoms with van der Waals surface area (Å²) in [7, 11) is -3.71. The standard InChI is InChI=1S/C11H15N3O3S2/c1-3-11(2,15)7-12-19(16,17)9-6-4-5-8-10(9)14-18-13-8/h4-6,12,15H,3,7H2,1-2H3. The van der Waals surface area contributed by atoms with Gasteiger partial charge in [-0.05, 0) is 25.5 Å². The maximum absolute atomic E-state index is 12.2. The van der Waals surface area contributed by atoms with E-state index in [-0.39, 0.29) is 11.4 Å². The lowest BCUT2D eigenvalue weighted by molar-refractivity contribution is 0.0613. The third kappa shape index (κ3) is 3.08. The van der Waals surface area contributed by atoms with Crippen LogP contribution in [0.15, 0.2) is 23.1 Å². The molecule has 1 aromatic carbocycles. The summed E-state index contributed by atoms with van der Waals surface area (Å²) in [5.74, 6) is 0. The van der Waals surface area contributed by atoms with Gasteiger partial charge in [0.15, 0.2) is 0 Å². The van der Waals surface area contributed by atoms with Gasteiger partial charge in [-0.2, -0.15) is 8.75 Å². The second-order valence-electron chi connectivity index (χ2n) is 4.56. The van der Waals surface area contributed by atoms with Crippen molar-refractivity contribution >= 4 is 32.8 Å². The minimum atomic E-state index is -3.71. The van der Waals surface area contributed by atoms with Crippen LogP contribution >= 0.6 is 11.7 Å². The molecule has 0 bridgehead atoms. The molecule has 0 spiro atoms. The van der Waals surface area contributed by atoms with E-state index >= 15 is 0 Å². The van der Waals surface area contributed by atoms with Crippen LogP contribution in [-0.2, 0) is 10.0 Å². The largest absolute Gasteiger partial charge is 0.389 e. The number of aromatic nitrogens is 2. The molecule has 1 aromatic heterocycles. The molecule has 1 atom stereocenters. The molecule has 0 saturated heterocycles. The monoisotopic (exact) mass is 301 g/mol. The summed E-state index contributed by atoms with van der Waals surface area (Å²) in [6.07, 6.45) is 0.456. The van der Waals surface area contributed by atoms with Crippen molar-refractivity contribution in [1.29, 1.82) is 0 Å². The van der Waals surface area contributed by atoms with Crippen molar-refractivity contribution in [2.75, 3.05) is 6.54 Å². The summed E-state index contributed by atoms with van der Waals surface area (Å²) in [4.78, 5) is 0.0886. The zero-order valence-electron chi connectivity index (χ0n) is 10.6. The molecule has 2 rings (SSSR count). The summed E-state index contributed by atoms with van der Waals surface area (Å²) in [5.41, 5.74) is -0.160. The number of hydrogen-bond donors (Lipinski definition) is 2. The van der Waals surface area contributed by atoms with Crippen LogP contribution in [0.1, 0.15) is 20.3 Å². The van der Waals surface area contributed by atoms with Gasteiger partial charge >= 0.3 is 0 Å². The molecule has 1 heterocycles. The third-order valence-electron chi connectivity index (χ3n) is 2.94. The zero-order valence-corrected chi connectivity index (χ0v) is 12.3. The highest BCUT2D eigenvalue weighted by Gasteiger charge is 2.24. The van der Waals surface area contributed by atoms with Gasteiger partial charge in [-0.1, -0.05) is 13.0 Å². The number of benzene rings is 1. The maximum atomic E-state index is 12.2. The minimum absolute atomic E-state index is 0.0419. The van der Waals surface area contributed by atoms with Crippen LogP contribution < -0.4 is 4.72 Å². The van der Waals surface area contributed by atoms with Crippen LogP contribution in [0.2, 0.25) is 0 Å². The summed E-state index contributed by atoms with van der Waals surface area (Å²) in [5, 5.41) is 9.85. The van der Waals surface area contributed by atoms with Crippen molar-refractivity contribution in [3.63, 3.8) is 0 Å². The van der Waals surface area contributed by atoms with Crippen LogP contribution in [0.3, 0.4) is 0 Å². The van der Waals surface area contributed by atoms with E-state index in [2.05, 4.69) is 13.5 Å². The van der Waals surface area contributed by atoms with Crippen molar-refractivity contribution in [3.8, 4) is 0 Å². The molecule has 8 heteroatoms. The van der Waals surface area contributed by atoms with Gasteiger partial charge in [0.1, 0.15) is 15.9 Å². The Balaban J connectivity index is 2.32. The Kier molecular flexibility index (Phi) is 3.86. The van der Waals surface area contributed by atoms with Crippen LogP contribution in [0.5, 0.6) is 0 Å². The fraction of sp³-hybridized carbons (Fsp3) is 0.455. The molecule has 0 fully saturated rings. The summed E-state index contributed by atoms with van der Waals surface area (Å²) in [6.45, 7) is 3.33. The average Bonchev–Trinajstić information content (AvgIpc) is 2.84. The molecular weight excluding hydrogens is 286 g/mol. The Morgan fingerprint density at radius 2 is 2.16 bits per heavy atom. The fourth-order valence-electron chi connectivity index (χ4n) is 1.45. The first kappa shape index (κ1) is 14.3. The van der Waals surface area contributed by atoms with Crippen molar-refractivity contribution in [3.05, 3.63) is 18.2 Å². The topological polar surface area (TPSA) is 92.2 Å². The van der Waals surface area contributed by atoms with Gasteiger partial charge < -0.3 is 5.11 Å². The molecule has 1 unspecified atom stereocenters. The first-order valence-corrected chi connectivity index (χ1v) is 8.00. The lowest BCUT2D eigenvalue weighted by Crippen LogP contribution is -2.40. The lowest BCUT2D eigenvalue weighted by atomic mass is 10.1. The van der Waals surface area contributed by atoms with E-state index in [4.69, 9.17) is 0 Å². The maximum Gasteiger partial charge on any atom is 0.242 e. The Hall–Kier alpha value is -1.09. The number of sulfonamides is 1. The summed E-state index contributed by atoms with van der Waals surface area (Å²) < 4.78 is 34.9. The van der Waals surface area contributed by atoms with E-state index in [0.29, 0.717) is 17.5 Å². The molecule has 2 aromatic rings. The number of rotatable bonds is 5. The molecule has 104 valence electrons. The van der Waals surface area contributed by atoms with Gasteiger partial charge in [0.25, 0.3) is 0 Å². The van der Waals surface area contributed by atoms with Gasteiger partial charge in [0, 0.05) is 6.54 Å². The van der Waals surface area contributed by atoms with Gasteiger partial charge in [-0.25, -0.2) is 13.1 Å². The molecule has 0 radical (unpaired) electrons. The summed E-state index contributed by atoms with van der Waals surface area (Å²) >= 11 is 0.970. The smallest absolute Gasteiger partial charge is 0.242 e. The second-order valence-corrected chi connectivity index (χ2v) is 6.83. The van der Waals surface area contributed by atoms with Crippen LogP contribution in [0.4, 0.5) is 0 Å². The molecule has 0 aliphatic rings. The molecular formula is C11H15N3O3S2. The fourth-order valence-corrected chi connectivity index (χ4v) is 3.38. The van der Waals surface area contributed by atoms with Crippen LogP contribution in [0.25, 0.3) is 11.0 Å². The van der Waals surface area contributed by atoms with Crippen LogP contribution in [0, 0.1) is 0 Å². The van der Waals surface area contributed by atoms with Gasteiger partial charge in [-0.3, -0.25) is 0 Å². The van der Waals surface area contributed by atoms with Crippen LogP contribution in [-0.4, -0.2) is 34.4 Å². The predicted molar refractivity (Wildman–Crippen MR) is 73.5 cm³/mol. The predicted octanol–water partition coefficient (Wildman–Crippen LogP) is 1.13. The zero-order chi connectivity index (χ0) is 14.1. The van der Waals surface area contributed by atoms with E-state index in [1.165, 1.54) is 6.07 Å². The van der Waals surface area contributed by atoms with E-state index < -0.39 is 15.6 Å². The number of fused-ring (bicyclic) bond motifs is 1. The lowest BCUT2D eigenvalue weighted by Gasteiger charge is -2.21. The normalized spacial score (nSPS) is 15.5. The average molecular weight is 301 g/mol. The highest BCUT2D eigenvalue weighted by atomic mass is 32.2. The number of nitrogens with zero attached hydrogens (tertiary/aromatic N) is 2. The Morgan fingerprint density at radius 3 is 2.84 bits per heavy atom. The van der Waals surface area contributed by atoms with Crippen molar-refractivity contribution in [2.24, 2.45) is 0 Å². The SMILES string of the molecule is CCC(C)(O)CNS(=O)(=O)c1cccc2nsnc12.